The standard InChI is InChI=1S/C17H15N3OS/c21-17(12-5-3-9-18-11-12)20-10-4-7-14(20)16-19-13-6-1-2-8-15(13)22-16/h1-3,5-6,8-9,11,14H,4,7,10H2. The molecule has 1 aliphatic heterocycles. The van der Waals surface area contributed by atoms with Crippen molar-refractivity contribution in [3.8, 4) is 0 Å². The van der Waals surface area contributed by atoms with Crippen LogP contribution < -0.4 is 0 Å². The van der Waals surface area contributed by atoms with E-state index in [9.17, 15) is 4.79 Å². The molecular weight excluding hydrogens is 294 g/mol. The first-order valence-corrected chi connectivity index (χ1v) is 8.21. The summed E-state index contributed by atoms with van der Waals surface area (Å²) in [6, 6.07) is 11.8. The molecule has 22 heavy (non-hydrogen) atoms. The molecule has 4 rings (SSSR count). The molecule has 4 nitrogen and oxygen atoms in total. The largest absolute Gasteiger partial charge is 0.329 e. The quantitative estimate of drug-likeness (QED) is 0.725. The number of para-hydroxylation sites is 1. The maximum absolute atomic E-state index is 12.7. The SMILES string of the molecule is O=C(c1cccnc1)N1CCCC1c1nc2ccccc2s1. The van der Waals surface area contributed by atoms with Crippen LogP contribution in [0.4, 0.5) is 0 Å². The van der Waals surface area contributed by atoms with Crippen LogP contribution in [-0.4, -0.2) is 27.3 Å². The van der Waals surface area contributed by atoms with Crippen molar-refractivity contribution in [1.82, 2.24) is 14.9 Å². The Balaban J connectivity index is 1.67. The van der Waals surface area contributed by atoms with Crippen molar-refractivity contribution in [3.63, 3.8) is 0 Å². The molecule has 1 aliphatic rings. The van der Waals surface area contributed by atoms with Crippen molar-refractivity contribution in [2.75, 3.05) is 6.54 Å². The van der Waals surface area contributed by atoms with Gasteiger partial charge in [-0.2, -0.15) is 0 Å². The maximum atomic E-state index is 12.7. The summed E-state index contributed by atoms with van der Waals surface area (Å²) in [4.78, 5) is 23.4. The summed E-state index contributed by atoms with van der Waals surface area (Å²) in [6.07, 6.45) is 5.32. The lowest BCUT2D eigenvalue weighted by molar-refractivity contribution is 0.0735. The summed E-state index contributed by atoms with van der Waals surface area (Å²) in [5.74, 6) is 0.0508. The van der Waals surface area contributed by atoms with Gasteiger partial charge in [-0.05, 0) is 37.1 Å². The third-order valence-corrected chi connectivity index (χ3v) is 5.16. The van der Waals surface area contributed by atoms with E-state index in [0.717, 1.165) is 29.9 Å². The fourth-order valence-electron chi connectivity index (χ4n) is 2.95. The Hall–Kier alpha value is -2.27. The number of aromatic nitrogens is 2. The number of fused-ring (bicyclic) bond motifs is 1. The number of hydrogen-bond donors (Lipinski definition) is 0. The fraction of sp³-hybridized carbons (Fsp3) is 0.235. The predicted molar refractivity (Wildman–Crippen MR) is 86.9 cm³/mol. The van der Waals surface area contributed by atoms with Gasteiger partial charge < -0.3 is 4.90 Å². The van der Waals surface area contributed by atoms with Crippen LogP contribution in [-0.2, 0) is 0 Å². The van der Waals surface area contributed by atoms with Crippen LogP contribution in [0.3, 0.4) is 0 Å². The fourth-order valence-corrected chi connectivity index (χ4v) is 4.07. The van der Waals surface area contributed by atoms with Crippen molar-refractivity contribution < 1.29 is 4.79 Å². The zero-order valence-electron chi connectivity index (χ0n) is 12.0. The first-order chi connectivity index (χ1) is 10.8. The Kier molecular flexibility index (Phi) is 3.35. The highest BCUT2D eigenvalue weighted by atomic mass is 32.1. The Labute approximate surface area is 132 Å². The van der Waals surface area contributed by atoms with Crippen molar-refractivity contribution >= 4 is 27.5 Å². The normalized spacial score (nSPS) is 18.0. The van der Waals surface area contributed by atoms with Gasteiger partial charge in [0.2, 0.25) is 0 Å². The second-order valence-electron chi connectivity index (χ2n) is 5.42. The van der Waals surface area contributed by atoms with Crippen LogP contribution in [0.25, 0.3) is 10.2 Å². The van der Waals surface area contributed by atoms with Crippen LogP contribution >= 0.6 is 11.3 Å². The minimum absolute atomic E-state index is 0.0508. The van der Waals surface area contributed by atoms with Crippen LogP contribution in [0.5, 0.6) is 0 Å². The highest BCUT2D eigenvalue weighted by molar-refractivity contribution is 7.18. The number of likely N-dealkylation sites (tertiary alicyclic amines) is 1. The first-order valence-electron chi connectivity index (χ1n) is 7.39. The van der Waals surface area contributed by atoms with Gasteiger partial charge in [-0.3, -0.25) is 9.78 Å². The number of carbonyl (C=O) groups is 1. The second-order valence-corrected chi connectivity index (χ2v) is 6.48. The molecule has 0 bridgehead atoms. The molecule has 1 atom stereocenters. The van der Waals surface area contributed by atoms with Crippen molar-refractivity contribution in [3.05, 3.63) is 59.4 Å². The lowest BCUT2D eigenvalue weighted by atomic mass is 10.2. The van der Waals surface area contributed by atoms with Crippen molar-refractivity contribution in [2.45, 2.75) is 18.9 Å². The molecule has 1 fully saturated rings. The summed E-state index contributed by atoms with van der Waals surface area (Å²) in [6.45, 7) is 0.786. The van der Waals surface area contributed by atoms with Gasteiger partial charge in [-0.25, -0.2) is 4.98 Å². The van der Waals surface area contributed by atoms with E-state index in [1.165, 1.54) is 4.70 Å². The molecule has 0 spiro atoms. The van der Waals surface area contributed by atoms with Gasteiger partial charge in [0.25, 0.3) is 5.91 Å². The van der Waals surface area contributed by atoms with Crippen LogP contribution in [0.2, 0.25) is 0 Å². The van der Waals surface area contributed by atoms with Crippen molar-refractivity contribution in [1.29, 1.82) is 0 Å². The Bertz CT molecular complexity index is 782. The third kappa shape index (κ3) is 2.27. The highest BCUT2D eigenvalue weighted by Gasteiger charge is 2.32. The predicted octanol–water partition coefficient (Wildman–Crippen LogP) is 3.67. The van der Waals surface area contributed by atoms with E-state index < -0.39 is 0 Å². The molecule has 1 saturated heterocycles. The summed E-state index contributed by atoms with van der Waals surface area (Å²) >= 11 is 1.69. The van der Waals surface area contributed by atoms with Gasteiger partial charge in [-0.1, -0.05) is 12.1 Å². The second kappa shape index (κ2) is 5.50. The molecule has 1 aromatic carbocycles. The molecule has 3 heterocycles. The number of benzene rings is 1. The third-order valence-electron chi connectivity index (χ3n) is 4.02. The molecule has 0 radical (unpaired) electrons. The van der Waals surface area contributed by atoms with E-state index in [4.69, 9.17) is 4.98 Å². The number of thiazole rings is 1. The van der Waals surface area contributed by atoms with Gasteiger partial charge in [-0.15, -0.1) is 11.3 Å². The summed E-state index contributed by atoms with van der Waals surface area (Å²) in [5, 5.41) is 1.04. The molecule has 2 aromatic heterocycles. The molecule has 0 N–H and O–H groups in total. The zero-order chi connectivity index (χ0) is 14.9. The molecular formula is C17H15N3OS. The lowest BCUT2D eigenvalue weighted by Gasteiger charge is -2.22. The Morgan fingerprint density at radius 1 is 1.23 bits per heavy atom. The van der Waals surface area contributed by atoms with Gasteiger partial charge in [0.05, 0.1) is 21.8 Å². The van der Waals surface area contributed by atoms with Crippen molar-refractivity contribution in [2.24, 2.45) is 0 Å². The van der Waals surface area contributed by atoms with Crippen LogP contribution in [0.1, 0.15) is 34.2 Å². The molecule has 110 valence electrons. The highest BCUT2D eigenvalue weighted by Crippen LogP contribution is 2.37. The molecule has 0 aliphatic carbocycles. The average Bonchev–Trinajstić information content (AvgIpc) is 3.21. The van der Waals surface area contributed by atoms with E-state index in [-0.39, 0.29) is 11.9 Å². The smallest absolute Gasteiger partial charge is 0.256 e. The number of pyridine rings is 1. The number of hydrogen-bond acceptors (Lipinski definition) is 4. The van der Waals surface area contributed by atoms with Gasteiger partial charge in [0.1, 0.15) is 5.01 Å². The van der Waals surface area contributed by atoms with Gasteiger partial charge >= 0.3 is 0 Å². The molecule has 0 saturated carbocycles. The van der Waals surface area contributed by atoms with E-state index in [0.29, 0.717) is 5.56 Å². The van der Waals surface area contributed by atoms with Gasteiger partial charge in [0, 0.05) is 18.9 Å². The number of carbonyl (C=O) groups excluding carboxylic acids is 1. The van der Waals surface area contributed by atoms with Crippen LogP contribution in [0, 0.1) is 0 Å². The van der Waals surface area contributed by atoms with E-state index >= 15 is 0 Å². The minimum atomic E-state index is 0.0508. The number of nitrogens with zero attached hydrogens (tertiary/aromatic N) is 3. The summed E-state index contributed by atoms with van der Waals surface area (Å²) in [5.41, 5.74) is 1.67. The van der Waals surface area contributed by atoms with E-state index in [2.05, 4.69) is 11.1 Å². The molecule has 5 heteroatoms. The first kappa shape index (κ1) is 13.4. The molecule has 3 aromatic rings. The van der Waals surface area contributed by atoms with Gasteiger partial charge in [0.15, 0.2) is 0 Å². The summed E-state index contributed by atoms with van der Waals surface area (Å²) < 4.78 is 1.18. The number of rotatable bonds is 2. The summed E-state index contributed by atoms with van der Waals surface area (Å²) in [7, 11) is 0. The minimum Gasteiger partial charge on any atom is -0.329 e. The number of amides is 1. The van der Waals surface area contributed by atoms with E-state index in [1.54, 1.807) is 29.8 Å². The average molecular weight is 309 g/mol. The molecule has 1 amide bonds. The Morgan fingerprint density at radius 2 is 2.14 bits per heavy atom. The lowest BCUT2D eigenvalue weighted by Crippen LogP contribution is -2.30. The monoisotopic (exact) mass is 309 g/mol. The molecule has 1 unspecified atom stereocenters. The zero-order valence-corrected chi connectivity index (χ0v) is 12.8. The topological polar surface area (TPSA) is 46.1 Å². The van der Waals surface area contributed by atoms with E-state index in [1.807, 2.05) is 29.2 Å². The van der Waals surface area contributed by atoms with Crippen LogP contribution in [0.15, 0.2) is 48.8 Å². The Morgan fingerprint density at radius 3 is 2.95 bits per heavy atom. The maximum Gasteiger partial charge on any atom is 0.256 e.